The smallest absolute Gasteiger partial charge is 0.244 e. The van der Waals surface area contributed by atoms with Crippen LogP contribution in [0.25, 0.3) is 0 Å². The lowest BCUT2D eigenvalue weighted by Crippen LogP contribution is -2.30. The van der Waals surface area contributed by atoms with E-state index in [2.05, 4.69) is 4.72 Å². The van der Waals surface area contributed by atoms with Gasteiger partial charge in [0.15, 0.2) is 0 Å². The molecule has 0 saturated heterocycles. The van der Waals surface area contributed by atoms with Crippen LogP contribution in [0.3, 0.4) is 0 Å². The SMILES string of the molecule is CCOc1ccc(C)cc1S(=O)(=O)NCC(OC)c1ccccc1C. The third-order valence-corrected chi connectivity index (χ3v) is 5.41. The van der Waals surface area contributed by atoms with Crippen LogP contribution >= 0.6 is 0 Å². The molecule has 5 nitrogen and oxygen atoms in total. The normalized spacial score (nSPS) is 12.8. The molecule has 0 amide bonds. The molecule has 0 aliphatic heterocycles. The molecular formula is C19H25NO4S. The fourth-order valence-electron chi connectivity index (χ4n) is 2.63. The van der Waals surface area contributed by atoms with Crippen molar-refractivity contribution in [2.45, 2.75) is 31.8 Å². The highest BCUT2D eigenvalue weighted by molar-refractivity contribution is 7.89. The highest BCUT2D eigenvalue weighted by Gasteiger charge is 2.22. The summed E-state index contributed by atoms with van der Waals surface area (Å²) in [6.07, 6.45) is -0.365. The van der Waals surface area contributed by atoms with Gasteiger partial charge in [0.1, 0.15) is 10.6 Å². The van der Waals surface area contributed by atoms with Gasteiger partial charge in [-0.3, -0.25) is 0 Å². The molecule has 0 aliphatic rings. The molecule has 1 N–H and O–H groups in total. The van der Waals surface area contributed by atoms with E-state index in [4.69, 9.17) is 9.47 Å². The number of methoxy groups -OCH3 is 1. The van der Waals surface area contributed by atoms with Crippen molar-refractivity contribution < 1.29 is 17.9 Å². The molecule has 0 radical (unpaired) electrons. The van der Waals surface area contributed by atoms with Gasteiger partial charge in [-0.05, 0) is 49.6 Å². The van der Waals surface area contributed by atoms with Gasteiger partial charge in [0.2, 0.25) is 10.0 Å². The topological polar surface area (TPSA) is 64.6 Å². The Morgan fingerprint density at radius 1 is 1.12 bits per heavy atom. The summed E-state index contributed by atoms with van der Waals surface area (Å²) in [4.78, 5) is 0.147. The highest BCUT2D eigenvalue weighted by Crippen LogP contribution is 2.26. The van der Waals surface area contributed by atoms with Crippen molar-refractivity contribution >= 4 is 10.0 Å². The Kier molecular flexibility index (Phi) is 6.58. The van der Waals surface area contributed by atoms with Crippen molar-refractivity contribution in [1.82, 2.24) is 4.72 Å². The Morgan fingerprint density at radius 2 is 1.84 bits per heavy atom. The van der Waals surface area contributed by atoms with Crippen LogP contribution in [0, 0.1) is 13.8 Å². The Morgan fingerprint density at radius 3 is 2.48 bits per heavy atom. The zero-order chi connectivity index (χ0) is 18.4. The van der Waals surface area contributed by atoms with Gasteiger partial charge in [-0.15, -0.1) is 0 Å². The minimum atomic E-state index is -3.72. The molecule has 2 aromatic carbocycles. The Labute approximate surface area is 150 Å². The fraction of sp³-hybridized carbons (Fsp3) is 0.368. The maximum absolute atomic E-state index is 12.8. The summed E-state index contributed by atoms with van der Waals surface area (Å²) < 4.78 is 39.1. The molecule has 2 aromatic rings. The zero-order valence-electron chi connectivity index (χ0n) is 15.1. The number of nitrogens with one attached hydrogen (secondary N) is 1. The van der Waals surface area contributed by atoms with Gasteiger partial charge >= 0.3 is 0 Å². The van der Waals surface area contributed by atoms with Crippen molar-refractivity contribution in [3.05, 3.63) is 59.2 Å². The van der Waals surface area contributed by atoms with Gasteiger partial charge in [0.25, 0.3) is 0 Å². The first-order valence-electron chi connectivity index (χ1n) is 8.20. The number of ether oxygens (including phenoxy) is 2. The first-order chi connectivity index (χ1) is 11.9. The molecule has 0 fully saturated rings. The second kappa shape index (κ2) is 8.47. The summed E-state index contributed by atoms with van der Waals surface area (Å²) >= 11 is 0. The molecule has 0 spiro atoms. The molecule has 0 saturated carbocycles. The van der Waals surface area contributed by atoms with Crippen molar-refractivity contribution in [2.24, 2.45) is 0 Å². The molecule has 2 rings (SSSR count). The summed E-state index contributed by atoms with van der Waals surface area (Å²) in [5.74, 6) is 0.352. The second-order valence-electron chi connectivity index (χ2n) is 5.82. The van der Waals surface area contributed by atoms with Crippen LogP contribution in [0.2, 0.25) is 0 Å². The zero-order valence-corrected chi connectivity index (χ0v) is 15.9. The van der Waals surface area contributed by atoms with E-state index in [1.807, 2.05) is 51.1 Å². The van der Waals surface area contributed by atoms with E-state index in [-0.39, 0.29) is 17.5 Å². The lowest BCUT2D eigenvalue weighted by Gasteiger charge is -2.19. The first kappa shape index (κ1) is 19.4. The van der Waals surface area contributed by atoms with Crippen LogP contribution < -0.4 is 9.46 Å². The summed E-state index contributed by atoms with van der Waals surface area (Å²) in [6.45, 7) is 6.19. The maximum Gasteiger partial charge on any atom is 0.244 e. The van der Waals surface area contributed by atoms with E-state index < -0.39 is 10.0 Å². The fourth-order valence-corrected chi connectivity index (χ4v) is 3.89. The quantitative estimate of drug-likeness (QED) is 0.781. The average Bonchev–Trinajstić information content (AvgIpc) is 2.58. The van der Waals surface area contributed by atoms with E-state index in [0.29, 0.717) is 12.4 Å². The molecule has 0 heterocycles. The minimum absolute atomic E-state index is 0.142. The molecule has 1 unspecified atom stereocenters. The number of rotatable bonds is 8. The van der Waals surface area contributed by atoms with Crippen LogP contribution in [0.15, 0.2) is 47.4 Å². The highest BCUT2D eigenvalue weighted by atomic mass is 32.2. The number of hydrogen-bond acceptors (Lipinski definition) is 4. The van der Waals surface area contributed by atoms with Gasteiger partial charge in [-0.25, -0.2) is 13.1 Å². The molecule has 6 heteroatoms. The van der Waals surface area contributed by atoms with E-state index in [0.717, 1.165) is 16.7 Å². The molecule has 136 valence electrons. The molecule has 25 heavy (non-hydrogen) atoms. The third kappa shape index (κ3) is 4.81. The summed E-state index contributed by atoms with van der Waals surface area (Å²) in [5, 5.41) is 0. The van der Waals surface area contributed by atoms with Crippen molar-refractivity contribution in [2.75, 3.05) is 20.3 Å². The summed E-state index contributed by atoms with van der Waals surface area (Å²) in [6, 6.07) is 12.9. The number of sulfonamides is 1. The molecule has 0 aliphatic carbocycles. The van der Waals surface area contributed by atoms with Crippen LogP contribution in [0.1, 0.15) is 29.7 Å². The lowest BCUT2D eigenvalue weighted by molar-refractivity contribution is 0.107. The third-order valence-electron chi connectivity index (χ3n) is 3.97. The largest absolute Gasteiger partial charge is 0.492 e. The molecule has 0 bridgehead atoms. The van der Waals surface area contributed by atoms with E-state index in [1.165, 1.54) is 0 Å². The average molecular weight is 363 g/mol. The van der Waals surface area contributed by atoms with Crippen LogP contribution in [0.5, 0.6) is 5.75 Å². The Hall–Kier alpha value is -1.89. The van der Waals surface area contributed by atoms with E-state index in [1.54, 1.807) is 19.2 Å². The van der Waals surface area contributed by atoms with Crippen molar-refractivity contribution in [3.63, 3.8) is 0 Å². The van der Waals surface area contributed by atoms with Crippen LogP contribution in [-0.4, -0.2) is 28.7 Å². The molecule has 0 aromatic heterocycles. The summed E-state index contributed by atoms with van der Waals surface area (Å²) in [7, 11) is -2.14. The van der Waals surface area contributed by atoms with Gasteiger partial charge in [0.05, 0.1) is 12.7 Å². The molecular weight excluding hydrogens is 338 g/mol. The maximum atomic E-state index is 12.8. The van der Waals surface area contributed by atoms with Crippen LogP contribution in [-0.2, 0) is 14.8 Å². The predicted octanol–water partition coefficient (Wildman–Crippen LogP) is 3.37. The standard InChI is InChI=1S/C19H25NO4S/c1-5-24-17-11-10-14(2)12-19(17)25(21,22)20-13-18(23-4)16-9-7-6-8-15(16)3/h6-12,18,20H,5,13H2,1-4H3. The van der Waals surface area contributed by atoms with E-state index >= 15 is 0 Å². The van der Waals surface area contributed by atoms with Gasteiger partial charge in [-0.2, -0.15) is 0 Å². The van der Waals surface area contributed by atoms with Gasteiger partial charge in [0, 0.05) is 13.7 Å². The van der Waals surface area contributed by atoms with Gasteiger partial charge in [-0.1, -0.05) is 30.3 Å². The second-order valence-corrected chi connectivity index (χ2v) is 7.55. The Bertz CT molecular complexity index is 818. The number of aryl methyl sites for hydroxylation is 2. The Balaban J connectivity index is 2.24. The van der Waals surface area contributed by atoms with Crippen molar-refractivity contribution in [3.8, 4) is 5.75 Å². The number of benzene rings is 2. The van der Waals surface area contributed by atoms with Gasteiger partial charge < -0.3 is 9.47 Å². The minimum Gasteiger partial charge on any atom is -0.492 e. The summed E-state index contributed by atoms with van der Waals surface area (Å²) in [5.41, 5.74) is 2.87. The first-order valence-corrected chi connectivity index (χ1v) is 9.68. The van der Waals surface area contributed by atoms with Crippen molar-refractivity contribution in [1.29, 1.82) is 0 Å². The van der Waals surface area contributed by atoms with E-state index in [9.17, 15) is 8.42 Å². The predicted molar refractivity (Wildman–Crippen MR) is 98.5 cm³/mol. The lowest BCUT2D eigenvalue weighted by atomic mass is 10.0. The molecule has 1 atom stereocenters. The monoisotopic (exact) mass is 363 g/mol. The number of hydrogen-bond donors (Lipinski definition) is 1. The van der Waals surface area contributed by atoms with Crippen LogP contribution in [0.4, 0.5) is 0 Å².